The lowest BCUT2D eigenvalue weighted by Gasteiger charge is -2.31. The molecule has 1 fully saturated rings. The molecule has 100 valence electrons. The maximum atomic E-state index is 12.3. The summed E-state index contributed by atoms with van der Waals surface area (Å²) in [5, 5.41) is 13.2. The van der Waals surface area contributed by atoms with Crippen molar-refractivity contribution in [3.8, 4) is 0 Å². The van der Waals surface area contributed by atoms with E-state index in [0.29, 0.717) is 12.5 Å². The molecule has 3 N–H and O–H groups in total. The number of aliphatic hydroxyl groups is 1. The van der Waals surface area contributed by atoms with E-state index in [2.05, 4.69) is 10.3 Å². The van der Waals surface area contributed by atoms with Gasteiger partial charge in [0.1, 0.15) is 0 Å². The summed E-state index contributed by atoms with van der Waals surface area (Å²) in [5.41, 5.74) is 2.62. The number of aromatic nitrogens is 1. The van der Waals surface area contributed by atoms with E-state index in [1.807, 2.05) is 31.2 Å². The predicted molar refractivity (Wildman–Crippen MR) is 74.1 cm³/mol. The van der Waals surface area contributed by atoms with Crippen molar-refractivity contribution < 1.29 is 9.90 Å². The Hall–Kier alpha value is -1.81. The molecule has 0 unspecified atom stereocenters. The number of aryl methyl sites for hydroxylation is 1. The first-order valence-corrected chi connectivity index (χ1v) is 6.68. The van der Waals surface area contributed by atoms with Gasteiger partial charge in [-0.05, 0) is 31.7 Å². The zero-order valence-electron chi connectivity index (χ0n) is 10.9. The molecule has 3 rings (SSSR count). The second-order valence-corrected chi connectivity index (χ2v) is 5.37. The van der Waals surface area contributed by atoms with Crippen LogP contribution in [0.2, 0.25) is 0 Å². The normalized spacial score (nSPS) is 22.2. The highest BCUT2D eigenvalue weighted by atomic mass is 16.3. The van der Waals surface area contributed by atoms with E-state index in [9.17, 15) is 9.90 Å². The Kier molecular flexibility index (Phi) is 3.03. The highest BCUT2D eigenvalue weighted by Gasteiger charge is 2.27. The molecule has 4 heteroatoms. The second kappa shape index (κ2) is 4.70. The number of rotatable bonds is 3. The number of carbonyl (C=O) groups is 1. The molecule has 0 atom stereocenters. The highest BCUT2D eigenvalue weighted by molar-refractivity contribution is 6.08. The van der Waals surface area contributed by atoms with E-state index in [4.69, 9.17) is 0 Å². The van der Waals surface area contributed by atoms with Gasteiger partial charge in [-0.2, -0.15) is 0 Å². The first kappa shape index (κ1) is 12.2. The van der Waals surface area contributed by atoms with E-state index >= 15 is 0 Å². The molecular formula is C15H18N2O2. The van der Waals surface area contributed by atoms with Crippen LogP contribution in [-0.4, -0.2) is 28.6 Å². The summed E-state index contributed by atoms with van der Waals surface area (Å²) in [6.07, 6.45) is 1.43. The number of carbonyl (C=O) groups excluding carboxylic acids is 1. The minimum atomic E-state index is -0.170. The summed E-state index contributed by atoms with van der Waals surface area (Å²) in [4.78, 5) is 15.5. The maximum Gasteiger partial charge on any atom is 0.253 e. The van der Waals surface area contributed by atoms with Gasteiger partial charge in [-0.1, -0.05) is 18.2 Å². The van der Waals surface area contributed by atoms with E-state index in [0.717, 1.165) is 35.0 Å². The van der Waals surface area contributed by atoms with Gasteiger partial charge in [-0.15, -0.1) is 0 Å². The lowest BCUT2D eigenvalue weighted by molar-refractivity contribution is 0.0420. The number of para-hydroxylation sites is 1. The molecule has 1 amide bonds. The van der Waals surface area contributed by atoms with Gasteiger partial charge >= 0.3 is 0 Å². The smallest absolute Gasteiger partial charge is 0.253 e. The summed E-state index contributed by atoms with van der Waals surface area (Å²) in [6, 6.07) is 7.83. The molecule has 1 aromatic carbocycles. The summed E-state index contributed by atoms with van der Waals surface area (Å²) >= 11 is 0. The molecule has 0 aliphatic heterocycles. The van der Waals surface area contributed by atoms with Gasteiger partial charge in [0.15, 0.2) is 0 Å². The van der Waals surface area contributed by atoms with Crippen LogP contribution in [0.3, 0.4) is 0 Å². The highest BCUT2D eigenvalue weighted by Crippen LogP contribution is 2.27. The van der Waals surface area contributed by atoms with E-state index < -0.39 is 0 Å². The van der Waals surface area contributed by atoms with Gasteiger partial charge < -0.3 is 15.4 Å². The number of aliphatic hydroxyl groups excluding tert-OH is 1. The topological polar surface area (TPSA) is 65.1 Å². The minimum absolute atomic E-state index is 0.0312. The molecule has 0 radical (unpaired) electrons. The van der Waals surface area contributed by atoms with Gasteiger partial charge in [0, 0.05) is 23.1 Å². The first-order chi connectivity index (χ1) is 9.15. The van der Waals surface area contributed by atoms with Gasteiger partial charge in [0.25, 0.3) is 5.91 Å². The van der Waals surface area contributed by atoms with Crippen molar-refractivity contribution in [1.29, 1.82) is 0 Å². The van der Waals surface area contributed by atoms with Gasteiger partial charge in [-0.25, -0.2) is 0 Å². The minimum Gasteiger partial charge on any atom is -0.393 e. The van der Waals surface area contributed by atoms with Crippen molar-refractivity contribution in [2.24, 2.45) is 5.92 Å². The SMILES string of the molecule is Cc1[nH]c2ccccc2c1C(=O)NCC1CC(O)C1. The van der Waals surface area contributed by atoms with Crippen LogP contribution in [0, 0.1) is 12.8 Å². The Morgan fingerprint density at radius 2 is 2.16 bits per heavy atom. The zero-order valence-corrected chi connectivity index (χ0v) is 10.9. The van der Waals surface area contributed by atoms with Crippen molar-refractivity contribution in [2.75, 3.05) is 6.54 Å². The first-order valence-electron chi connectivity index (χ1n) is 6.68. The molecule has 0 spiro atoms. The van der Waals surface area contributed by atoms with Crippen LogP contribution in [0.4, 0.5) is 0 Å². The fourth-order valence-electron chi connectivity index (χ4n) is 2.76. The number of aromatic amines is 1. The fraction of sp³-hybridized carbons (Fsp3) is 0.400. The summed E-state index contributed by atoms with van der Waals surface area (Å²) in [6.45, 7) is 2.57. The Morgan fingerprint density at radius 3 is 2.89 bits per heavy atom. The molecule has 0 saturated heterocycles. The van der Waals surface area contributed by atoms with Crippen LogP contribution in [-0.2, 0) is 0 Å². The quantitative estimate of drug-likeness (QED) is 0.788. The Bertz CT molecular complexity index is 612. The number of H-pyrrole nitrogens is 1. The van der Waals surface area contributed by atoms with Crippen molar-refractivity contribution in [3.63, 3.8) is 0 Å². The van der Waals surface area contributed by atoms with Crippen molar-refractivity contribution in [1.82, 2.24) is 10.3 Å². The van der Waals surface area contributed by atoms with Crippen molar-refractivity contribution in [3.05, 3.63) is 35.5 Å². The number of nitrogens with one attached hydrogen (secondary N) is 2. The molecule has 1 aliphatic carbocycles. The number of hydrogen-bond acceptors (Lipinski definition) is 2. The van der Waals surface area contributed by atoms with Crippen LogP contribution in [0.15, 0.2) is 24.3 Å². The van der Waals surface area contributed by atoms with Gasteiger partial charge in [0.2, 0.25) is 0 Å². The standard InChI is InChI=1S/C15H18N2O2/c1-9-14(12-4-2-3-5-13(12)17-9)15(19)16-8-10-6-11(18)7-10/h2-5,10-11,17-18H,6-8H2,1H3,(H,16,19). The van der Waals surface area contributed by atoms with Gasteiger partial charge in [0.05, 0.1) is 11.7 Å². The van der Waals surface area contributed by atoms with Crippen molar-refractivity contribution >= 4 is 16.8 Å². The Morgan fingerprint density at radius 1 is 1.42 bits per heavy atom. The maximum absolute atomic E-state index is 12.3. The van der Waals surface area contributed by atoms with Crippen LogP contribution >= 0.6 is 0 Å². The molecule has 2 aromatic rings. The Balaban J connectivity index is 1.76. The zero-order chi connectivity index (χ0) is 13.4. The fourth-order valence-corrected chi connectivity index (χ4v) is 2.76. The van der Waals surface area contributed by atoms with Crippen LogP contribution in [0.25, 0.3) is 10.9 Å². The van der Waals surface area contributed by atoms with Crippen molar-refractivity contribution in [2.45, 2.75) is 25.9 Å². The average molecular weight is 258 g/mol. The Labute approximate surface area is 111 Å². The average Bonchev–Trinajstić information content (AvgIpc) is 2.68. The molecule has 0 bridgehead atoms. The monoisotopic (exact) mass is 258 g/mol. The number of amides is 1. The molecule has 1 aromatic heterocycles. The third kappa shape index (κ3) is 2.24. The third-order valence-corrected chi connectivity index (χ3v) is 3.88. The number of hydrogen-bond donors (Lipinski definition) is 3. The molecule has 1 heterocycles. The molecule has 4 nitrogen and oxygen atoms in total. The summed E-state index contributed by atoms with van der Waals surface area (Å²) in [7, 11) is 0. The lowest BCUT2D eigenvalue weighted by atomic mass is 9.82. The molecule has 1 aliphatic rings. The summed E-state index contributed by atoms with van der Waals surface area (Å²) in [5.74, 6) is 0.390. The van der Waals surface area contributed by atoms with Crippen LogP contribution < -0.4 is 5.32 Å². The molecule has 19 heavy (non-hydrogen) atoms. The van der Waals surface area contributed by atoms with Gasteiger partial charge in [-0.3, -0.25) is 4.79 Å². The molecular weight excluding hydrogens is 240 g/mol. The van der Waals surface area contributed by atoms with E-state index in [-0.39, 0.29) is 12.0 Å². The second-order valence-electron chi connectivity index (χ2n) is 5.37. The van der Waals surface area contributed by atoms with E-state index in [1.165, 1.54) is 0 Å². The summed E-state index contributed by atoms with van der Waals surface area (Å²) < 4.78 is 0. The van der Waals surface area contributed by atoms with E-state index in [1.54, 1.807) is 0 Å². The lowest BCUT2D eigenvalue weighted by Crippen LogP contribution is -2.38. The van der Waals surface area contributed by atoms with Crippen LogP contribution in [0.5, 0.6) is 0 Å². The number of benzene rings is 1. The third-order valence-electron chi connectivity index (χ3n) is 3.88. The predicted octanol–water partition coefficient (Wildman–Crippen LogP) is 1.98. The van der Waals surface area contributed by atoms with Crippen LogP contribution in [0.1, 0.15) is 28.9 Å². The molecule has 1 saturated carbocycles. The number of fused-ring (bicyclic) bond motifs is 1. The largest absolute Gasteiger partial charge is 0.393 e.